The number of nitrogens with zero attached hydrogens (tertiary/aromatic N) is 1. The summed E-state index contributed by atoms with van der Waals surface area (Å²) in [6.07, 6.45) is -7.15. The molecule has 0 aromatic heterocycles. The maximum Gasteiger partial charge on any atom is 0.416 e. The molecule has 0 atom stereocenters. The molecule has 0 bridgehead atoms. The first-order valence-electron chi connectivity index (χ1n) is 12.9. The molecule has 0 spiro atoms. The van der Waals surface area contributed by atoms with Crippen molar-refractivity contribution in [2.75, 3.05) is 19.7 Å². The molecule has 9 heteroatoms. The minimum Gasteiger partial charge on any atom is -0.494 e. The number of piperidine rings is 1. The van der Waals surface area contributed by atoms with Gasteiger partial charge in [0.25, 0.3) is 0 Å². The van der Waals surface area contributed by atoms with Crippen LogP contribution < -0.4 is 4.74 Å². The number of alkyl halides is 6. The lowest BCUT2D eigenvalue weighted by Gasteiger charge is -2.42. The van der Waals surface area contributed by atoms with E-state index in [2.05, 4.69) is 4.90 Å². The molecule has 1 aliphatic rings. The standard InChI is InChI=1S/C30H31F6NO2/c1-2-19-39-27-13-3-21(4-14-27)20-37-17-15-24(16-18-37)28(38,22-5-9-25(10-6-22)29(31,32)33)23-7-11-26(12-8-23)30(34,35)36/h3-14,24,38H,2,15-20H2,1H3. The van der Waals surface area contributed by atoms with E-state index in [1.807, 2.05) is 31.2 Å². The van der Waals surface area contributed by atoms with Crippen molar-refractivity contribution in [3.63, 3.8) is 0 Å². The molecule has 0 saturated carbocycles. The van der Waals surface area contributed by atoms with Crippen molar-refractivity contribution >= 4 is 0 Å². The van der Waals surface area contributed by atoms with Crippen LogP contribution in [0.15, 0.2) is 72.8 Å². The minimum absolute atomic E-state index is 0.219. The summed E-state index contributed by atoms with van der Waals surface area (Å²) in [4.78, 5) is 2.22. The number of ether oxygens (including phenoxy) is 1. The van der Waals surface area contributed by atoms with Gasteiger partial charge < -0.3 is 9.84 Å². The van der Waals surface area contributed by atoms with Crippen LogP contribution in [0.2, 0.25) is 0 Å². The third-order valence-corrected chi connectivity index (χ3v) is 7.29. The van der Waals surface area contributed by atoms with Crippen molar-refractivity contribution in [2.24, 2.45) is 5.92 Å². The zero-order valence-electron chi connectivity index (χ0n) is 21.5. The highest BCUT2D eigenvalue weighted by Gasteiger charge is 2.43. The van der Waals surface area contributed by atoms with E-state index >= 15 is 0 Å². The molecule has 1 fully saturated rings. The number of hydrogen-bond donors (Lipinski definition) is 1. The van der Waals surface area contributed by atoms with Gasteiger partial charge in [-0.25, -0.2) is 0 Å². The first-order chi connectivity index (χ1) is 18.4. The highest BCUT2D eigenvalue weighted by molar-refractivity contribution is 5.40. The molecule has 1 aliphatic heterocycles. The minimum atomic E-state index is -4.54. The van der Waals surface area contributed by atoms with Crippen LogP contribution >= 0.6 is 0 Å². The molecule has 39 heavy (non-hydrogen) atoms. The fourth-order valence-corrected chi connectivity index (χ4v) is 5.14. The van der Waals surface area contributed by atoms with E-state index in [0.717, 1.165) is 42.0 Å². The first-order valence-corrected chi connectivity index (χ1v) is 12.9. The molecule has 0 amide bonds. The monoisotopic (exact) mass is 551 g/mol. The lowest BCUT2D eigenvalue weighted by atomic mass is 9.71. The first kappa shape index (κ1) is 29.0. The van der Waals surface area contributed by atoms with E-state index in [-0.39, 0.29) is 11.1 Å². The lowest BCUT2D eigenvalue weighted by molar-refractivity contribution is -0.138. The summed E-state index contributed by atoms with van der Waals surface area (Å²) >= 11 is 0. The smallest absolute Gasteiger partial charge is 0.416 e. The van der Waals surface area contributed by atoms with Crippen LogP contribution in [0.4, 0.5) is 26.3 Å². The SMILES string of the molecule is CCCOc1ccc(CN2CCC(C(O)(c3ccc(C(F)(F)F)cc3)c3ccc(C(F)(F)F)cc3)CC2)cc1. The maximum absolute atomic E-state index is 13.2. The summed E-state index contributed by atoms with van der Waals surface area (Å²) in [5.41, 5.74) is -1.94. The Morgan fingerprint density at radius 1 is 0.718 bits per heavy atom. The average molecular weight is 552 g/mol. The number of rotatable bonds is 8. The summed E-state index contributed by atoms with van der Waals surface area (Å²) in [6, 6.07) is 16.3. The third-order valence-electron chi connectivity index (χ3n) is 7.29. The van der Waals surface area contributed by atoms with Gasteiger partial charge in [-0.2, -0.15) is 26.3 Å². The van der Waals surface area contributed by atoms with Gasteiger partial charge in [-0.15, -0.1) is 0 Å². The number of hydrogen-bond acceptors (Lipinski definition) is 3. The van der Waals surface area contributed by atoms with E-state index in [1.54, 1.807) is 0 Å². The van der Waals surface area contributed by atoms with Crippen LogP contribution in [-0.2, 0) is 24.5 Å². The Bertz CT molecular complexity index is 1140. The molecule has 0 aliphatic carbocycles. The van der Waals surface area contributed by atoms with Crippen LogP contribution in [0.25, 0.3) is 0 Å². The molecule has 4 rings (SSSR count). The van der Waals surface area contributed by atoms with Gasteiger partial charge >= 0.3 is 12.4 Å². The van der Waals surface area contributed by atoms with E-state index in [1.165, 1.54) is 24.3 Å². The summed E-state index contributed by atoms with van der Waals surface area (Å²) < 4.78 is 84.6. The van der Waals surface area contributed by atoms with Gasteiger partial charge in [-0.1, -0.05) is 43.3 Å². The second kappa shape index (κ2) is 11.6. The second-order valence-corrected chi connectivity index (χ2v) is 9.96. The van der Waals surface area contributed by atoms with Gasteiger partial charge in [0.15, 0.2) is 0 Å². The molecule has 3 nitrogen and oxygen atoms in total. The Labute approximate surface area is 224 Å². The number of likely N-dealkylation sites (tertiary alicyclic amines) is 1. The Morgan fingerprint density at radius 2 is 1.15 bits per heavy atom. The Kier molecular flexibility index (Phi) is 8.61. The molecule has 3 aromatic rings. The van der Waals surface area contributed by atoms with Gasteiger partial charge in [0, 0.05) is 6.54 Å². The Hall–Kier alpha value is -3.04. The van der Waals surface area contributed by atoms with Crippen molar-refractivity contribution in [3.8, 4) is 5.75 Å². The van der Waals surface area contributed by atoms with Gasteiger partial charge in [0.1, 0.15) is 11.4 Å². The molecule has 0 radical (unpaired) electrons. The molecule has 1 heterocycles. The highest BCUT2D eigenvalue weighted by Crippen LogP contribution is 2.44. The molecule has 210 valence electrons. The van der Waals surface area contributed by atoms with Gasteiger partial charge in [-0.3, -0.25) is 4.90 Å². The van der Waals surface area contributed by atoms with E-state index < -0.39 is 35.0 Å². The molecular weight excluding hydrogens is 520 g/mol. The van der Waals surface area contributed by atoms with E-state index in [9.17, 15) is 31.4 Å². The van der Waals surface area contributed by atoms with Crippen molar-refractivity contribution < 1.29 is 36.2 Å². The van der Waals surface area contributed by atoms with Crippen LogP contribution in [0, 0.1) is 5.92 Å². The van der Waals surface area contributed by atoms with Crippen molar-refractivity contribution in [1.29, 1.82) is 0 Å². The normalized spacial score (nSPS) is 15.9. The van der Waals surface area contributed by atoms with Gasteiger partial charge in [-0.05, 0) is 91.4 Å². The quantitative estimate of drug-likeness (QED) is 0.292. The summed E-state index contributed by atoms with van der Waals surface area (Å²) in [6.45, 7) is 4.59. The number of halogens is 6. The zero-order chi connectivity index (χ0) is 28.3. The predicted octanol–water partition coefficient (Wildman–Crippen LogP) is 7.66. The van der Waals surface area contributed by atoms with Crippen molar-refractivity contribution in [2.45, 2.75) is 50.7 Å². The van der Waals surface area contributed by atoms with Crippen LogP contribution in [-0.4, -0.2) is 29.7 Å². The molecule has 1 saturated heterocycles. The number of benzene rings is 3. The largest absolute Gasteiger partial charge is 0.494 e. The maximum atomic E-state index is 13.2. The van der Waals surface area contributed by atoms with Crippen LogP contribution in [0.3, 0.4) is 0 Å². The lowest BCUT2D eigenvalue weighted by Crippen LogP contribution is -2.44. The Morgan fingerprint density at radius 3 is 1.56 bits per heavy atom. The second-order valence-electron chi connectivity index (χ2n) is 9.96. The molecule has 0 unspecified atom stereocenters. The van der Waals surface area contributed by atoms with Gasteiger partial charge in [0.05, 0.1) is 17.7 Å². The zero-order valence-corrected chi connectivity index (χ0v) is 21.5. The average Bonchev–Trinajstić information content (AvgIpc) is 2.92. The van der Waals surface area contributed by atoms with Crippen LogP contribution in [0.5, 0.6) is 5.75 Å². The fraction of sp³-hybridized carbons (Fsp3) is 0.400. The van der Waals surface area contributed by atoms with E-state index in [4.69, 9.17) is 4.74 Å². The third kappa shape index (κ3) is 6.76. The van der Waals surface area contributed by atoms with Crippen molar-refractivity contribution in [3.05, 3.63) is 101 Å². The molecular formula is C30H31F6NO2. The topological polar surface area (TPSA) is 32.7 Å². The van der Waals surface area contributed by atoms with E-state index in [0.29, 0.717) is 39.1 Å². The summed E-state index contributed by atoms with van der Waals surface area (Å²) in [5.74, 6) is 0.393. The number of aliphatic hydroxyl groups is 1. The highest BCUT2D eigenvalue weighted by atomic mass is 19.4. The fourth-order valence-electron chi connectivity index (χ4n) is 5.14. The van der Waals surface area contributed by atoms with Gasteiger partial charge in [0.2, 0.25) is 0 Å². The predicted molar refractivity (Wildman–Crippen MR) is 136 cm³/mol. The molecule has 1 N–H and O–H groups in total. The Balaban J connectivity index is 1.54. The molecule has 3 aromatic carbocycles. The summed E-state index contributed by atoms with van der Waals surface area (Å²) in [7, 11) is 0. The summed E-state index contributed by atoms with van der Waals surface area (Å²) in [5, 5.41) is 12.0. The van der Waals surface area contributed by atoms with Crippen LogP contribution in [0.1, 0.15) is 54.0 Å². The van der Waals surface area contributed by atoms with Crippen molar-refractivity contribution in [1.82, 2.24) is 4.90 Å².